The molecule has 4 heteroatoms. The molecule has 1 aromatic rings. The summed E-state index contributed by atoms with van der Waals surface area (Å²) in [6, 6.07) is 0. The summed E-state index contributed by atoms with van der Waals surface area (Å²) >= 11 is 7.42. The molecule has 0 atom stereocenters. The van der Waals surface area contributed by atoms with Crippen molar-refractivity contribution in [2.75, 3.05) is 5.32 Å². The van der Waals surface area contributed by atoms with Crippen LogP contribution < -0.4 is 5.32 Å². The molecule has 2 rings (SSSR count). The minimum absolute atomic E-state index is 0.496. The molecule has 1 aromatic heterocycles. The van der Waals surface area contributed by atoms with Crippen LogP contribution in [0.3, 0.4) is 0 Å². The summed E-state index contributed by atoms with van der Waals surface area (Å²) in [6.45, 7) is 2.82. The van der Waals surface area contributed by atoms with Crippen LogP contribution >= 0.6 is 22.9 Å². The molecule has 1 aliphatic rings. The smallest absolute Gasteiger partial charge is 0.196 e. The lowest BCUT2D eigenvalue weighted by Gasteiger charge is -2.10. The van der Waals surface area contributed by atoms with Crippen molar-refractivity contribution in [1.29, 1.82) is 0 Å². The molecule has 0 aliphatic carbocycles. The first kappa shape index (κ1) is 7.13. The third kappa shape index (κ3) is 1.14. The van der Waals surface area contributed by atoms with Gasteiger partial charge in [-0.2, -0.15) is 0 Å². The van der Waals surface area contributed by atoms with E-state index in [1.165, 1.54) is 10.4 Å². The Hall–Kier alpha value is -0.540. The van der Waals surface area contributed by atoms with Gasteiger partial charge in [0, 0.05) is 15.8 Å². The molecule has 0 unspecified atom stereocenters. The number of hydrogen-bond donors (Lipinski definition) is 1. The highest BCUT2D eigenvalue weighted by atomic mass is 35.5. The number of anilines is 1. The summed E-state index contributed by atoms with van der Waals surface area (Å²) in [5.41, 5.74) is 2.40. The SMILES string of the molecule is Cc1scc2c1CN=C(Cl)N2. The fraction of sp³-hybridized carbons (Fsp3) is 0.286. The van der Waals surface area contributed by atoms with Crippen molar-refractivity contribution < 1.29 is 0 Å². The average Bonchev–Trinajstić information content (AvgIpc) is 2.32. The Labute approximate surface area is 73.9 Å². The molecule has 0 radical (unpaired) electrons. The summed E-state index contributed by atoms with van der Waals surface area (Å²) in [7, 11) is 0. The Morgan fingerprint density at radius 1 is 1.73 bits per heavy atom. The second-order valence-electron chi connectivity index (χ2n) is 2.42. The Bertz CT molecular complexity index is 316. The molecular formula is C7H7ClN2S. The van der Waals surface area contributed by atoms with Gasteiger partial charge in [-0.1, -0.05) is 0 Å². The number of aryl methyl sites for hydroxylation is 1. The molecular weight excluding hydrogens is 180 g/mol. The van der Waals surface area contributed by atoms with Crippen LogP contribution in [0.15, 0.2) is 10.4 Å². The van der Waals surface area contributed by atoms with Crippen LogP contribution in [0, 0.1) is 6.92 Å². The molecule has 0 bridgehead atoms. The van der Waals surface area contributed by atoms with Crippen molar-refractivity contribution in [3.63, 3.8) is 0 Å². The van der Waals surface area contributed by atoms with Crippen LogP contribution in [0.1, 0.15) is 10.4 Å². The number of amidine groups is 1. The van der Waals surface area contributed by atoms with E-state index in [1.807, 2.05) is 0 Å². The van der Waals surface area contributed by atoms with Crippen LogP contribution in [0.2, 0.25) is 0 Å². The quantitative estimate of drug-likeness (QED) is 0.619. The van der Waals surface area contributed by atoms with Crippen LogP contribution in [-0.4, -0.2) is 5.29 Å². The maximum Gasteiger partial charge on any atom is 0.196 e. The molecule has 1 N–H and O–H groups in total. The molecule has 0 saturated heterocycles. The summed E-state index contributed by atoms with van der Waals surface area (Å²) < 4.78 is 0. The molecule has 2 heterocycles. The van der Waals surface area contributed by atoms with Gasteiger partial charge >= 0.3 is 0 Å². The van der Waals surface area contributed by atoms with Crippen LogP contribution in [0.25, 0.3) is 0 Å². The highest BCUT2D eigenvalue weighted by Gasteiger charge is 2.12. The van der Waals surface area contributed by atoms with E-state index in [2.05, 4.69) is 22.6 Å². The van der Waals surface area contributed by atoms with Crippen molar-refractivity contribution >= 4 is 33.9 Å². The van der Waals surface area contributed by atoms with Crippen molar-refractivity contribution in [1.82, 2.24) is 0 Å². The lowest BCUT2D eigenvalue weighted by Crippen LogP contribution is -2.10. The zero-order valence-electron chi connectivity index (χ0n) is 6.02. The highest BCUT2D eigenvalue weighted by molar-refractivity contribution is 7.10. The third-order valence-corrected chi connectivity index (χ3v) is 2.88. The molecule has 0 spiro atoms. The topological polar surface area (TPSA) is 24.4 Å². The van der Waals surface area contributed by atoms with Gasteiger partial charge in [0.1, 0.15) is 0 Å². The van der Waals surface area contributed by atoms with E-state index >= 15 is 0 Å². The minimum Gasteiger partial charge on any atom is -0.330 e. The summed E-state index contributed by atoms with van der Waals surface area (Å²) in [4.78, 5) is 5.40. The molecule has 2 nitrogen and oxygen atoms in total. The minimum atomic E-state index is 0.496. The van der Waals surface area contributed by atoms with Crippen molar-refractivity contribution in [2.24, 2.45) is 4.99 Å². The summed E-state index contributed by atoms with van der Waals surface area (Å²) in [5, 5.41) is 5.57. The van der Waals surface area contributed by atoms with E-state index < -0.39 is 0 Å². The average molecular weight is 187 g/mol. The zero-order chi connectivity index (χ0) is 7.84. The first-order chi connectivity index (χ1) is 5.27. The Balaban J connectivity index is 2.44. The van der Waals surface area contributed by atoms with Crippen molar-refractivity contribution in [3.8, 4) is 0 Å². The normalized spacial score (nSPS) is 15.3. The second-order valence-corrected chi connectivity index (χ2v) is 3.86. The molecule has 0 saturated carbocycles. The molecule has 11 heavy (non-hydrogen) atoms. The number of nitrogens with zero attached hydrogens (tertiary/aromatic N) is 1. The number of fused-ring (bicyclic) bond motifs is 1. The van der Waals surface area contributed by atoms with Crippen LogP contribution in [0.5, 0.6) is 0 Å². The lowest BCUT2D eigenvalue weighted by atomic mass is 10.2. The van der Waals surface area contributed by atoms with Crippen LogP contribution in [-0.2, 0) is 6.54 Å². The fourth-order valence-corrected chi connectivity index (χ4v) is 2.05. The van der Waals surface area contributed by atoms with Gasteiger partial charge in [0.15, 0.2) is 5.29 Å². The maximum absolute atomic E-state index is 5.70. The van der Waals surface area contributed by atoms with E-state index in [-0.39, 0.29) is 0 Å². The van der Waals surface area contributed by atoms with E-state index in [9.17, 15) is 0 Å². The number of rotatable bonds is 0. The molecule has 0 amide bonds. The number of thiophene rings is 1. The van der Waals surface area contributed by atoms with Crippen molar-refractivity contribution in [2.45, 2.75) is 13.5 Å². The van der Waals surface area contributed by atoms with Gasteiger partial charge in [-0.25, -0.2) is 0 Å². The largest absolute Gasteiger partial charge is 0.330 e. The fourth-order valence-electron chi connectivity index (χ4n) is 1.08. The number of aliphatic imine (C=N–C) groups is 1. The first-order valence-electron chi connectivity index (χ1n) is 3.31. The van der Waals surface area contributed by atoms with Gasteiger partial charge in [0.05, 0.1) is 12.2 Å². The first-order valence-corrected chi connectivity index (χ1v) is 4.57. The van der Waals surface area contributed by atoms with Gasteiger partial charge in [-0.3, -0.25) is 4.99 Å². The van der Waals surface area contributed by atoms with Gasteiger partial charge in [0.2, 0.25) is 0 Å². The monoisotopic (exact) mass is 186 g/mol. The maximum atomic E-state index is 5.70. The van der Waals surface area contributed by atoms with Gasteiger partial charge in [-0.05, 0) is 18.5 Å². The number of halogens is 1. The molecule has 1 aliphatic heterocycles. The van der Waals surface area contributed by atoms with Gasteiger partial charge in [0.25, 0.3) is 0 Å². The molecule has 0 fully saturated rings. The molecule has 0 aromatic carbocycles. The van der Waals surface area contributed by atoms with E-state index in [1.54, 1.807) is 11.3 Å². The van der Waals surface area contributed by atoms with Crippen LogP contribution in [0.4, 0.5) is 5.69 Å². The second kappa shape index (κ2) is 2.50. The zero-order valence-corrected chi connectivity index (χ0v) is 7.59. The predicted molar refractivity (Wildman–Crippen MR) is 49.7 cm³/mol. The summed E-state index contributed by atoms with van der Waals surface area (Å²) in [5.74, 6) is 0. The standard InChI is InChI=1S/C7H7ClN2S/c1-4-5-2-9-7(8)10-6(5)3-11-4/h3H,2H2,1H3,(H,9,10). The lowest BCUT2D eigenvalue weighted by molar-refractivity contribution is 1.05. The highest BCUT2D eigenvalue weighted by Crippen LogP contribution is 2.29. The van der Waals surface area contributed by atoms with Gasteiger partial charge < -0.3 is 5.32 Å². The number of nitrogens with one attached hydrogen (secondary N) is 1. The molecule has 58 valence electrons. The van der Waals surface area contributed by atoms with Crippen molar-refractivity contribution in [3.05, 3.63) is 15.8 Å². The summed E-state index contributed by atoms with van der Waals surface area (Å²) in [6.07, 6.45) is 0. The Morgan fingerprint density at radius 2 is 2.55 bits per heavy atom. The predicted octanol–water partition coefficient (Wildman–Crippen LogP) is 2.58. The Kier molecular flexibility index (Phi) is 1.62. The Morgan fingerprint density at radius 3 is 3.36 bits per heavy atom. The van der Waals surface area contributed by atoms with Gasteiger partial charge in [-0.15, -0.1) is 11.3 Å². The van der Waals surface area contributed by atoms with E-state index in [0.29, 0.717) is 5.29 Å². The van der Waals surface area contributed by atoms with E-state index in [4.69, 9.17) is 11.6 Å². The third-order valence-electron chi connectivity index (χ3n) is 1.72. The van der Waals surface area contributed by atoms with E-state index in [0.717, 1.165) is 12.2 Å². The number of hydrogen-bond acceptors (Lipinski definition) is 3.